The maximum atomic E-state index is 13.1. The van der Waals surface area contributed by atoms with Gasteiger partial charge in [0.1, 0.15) is 11.7 Å². The Morgan fingerprint density at radius 2 is 2.00 bits per heavy atom. The van der Waals surface area contributed by atoms with Crippen molar-refractivity contribution < 1.29 is 24.2 Å². The highest BCUT2D eigenvalue weighted by molar-refractivity contribution is 6.15. The molecule has 0 amide bonds. The van der Waals surface area contributed by atoms with Gasteiger partial charge in [0, 0.05) is 17.3 Å². The van der Waals surface area contributed by atoms with Crippen LogP contribution in [-0.2, 0) is 19.1 Å². The summed E-state index contributed by atoms with van der Waals surface area (Å²) in [5.41, 5.74) is -1.82. The van der Waals surface area contributed by atoms with E-state index < -0.39 is 28.8 Å². The molecule has 5 heteroatoms. The highest BCUT2D eigenvalue weighted by Crippen LogP contribution is 2.67. The predicted molar refractivity (Wildman–Crippen MR) is 89.4 cm³/mol. The number of cyclic esters (lactones) is 1. The third-order valence-electron chi connectivity index (χ3n) is 7.72. The van der Waals surface area contributed by atoms with Crippen molar-refractivity contribution in [1.29, 1.82) is 0 Å². The van der Waals surface area contributed by atoms with Gasteiger partial charge in [-0.05, 0) is 42.6 Å². The summed E-state index contributed by atoms with van der Waals surface area (Å²) in [7, 11) is 0. The van der Waals surface area contributed by atoms with Gasteiger partial charge in [0.2, 0.25) is 0 Å². The lowest BCUT2D eigenvalue weighted by molar-refractivity contribution is -0.225. The second kappa shape index (κ2) is 5.03. The van der Waals surface area contributed by atoms with Crippen LogP contribution in [0.3, 0.4) is 0 Å². The van der Waals surface area contributed by atoms with E-state index in [1.807, 2.05) is 0 Å². The zero-order chi connectivity index (χ0) is 18.2. The second-order valence-electron chi connectivity index (χ2n) is 9.27. The Kier molecular flexibility index (Phi) is 3.41. The van der Waals surface area contributed by atoms with Crippen LogP contribution in [0.25, 0.3) is 0 Å². The highest BCUT2D eigenvalue weighted by atomic mass is 16.5. The van der Waals surface area contributed by atoms with Crippen molar-refractivity contribution in [2.24, 2.45) is 34.0 Å². The molecule has 3 aliphatic carbocycles. The number of allylic oxidation sites excluding steroid dienone is 1. The van der Waals surface area contributed by atoms with Gasteiger partial charge in [-0.15, -0.1) is 0 Å². The molecular weight excluding hydrogens is 320 g/mol. The number of fused-ring (bicyclic) bond motifs is 2. The zero-order valence-electron chi connectivity index (χ0n) is 14.9. The molecule has 5 nitrogen and oxygen atoms in total. The smallest absolute Gasteiger partial charge is 0.320 e. The van der Waals surface area contributed by atoms with Gasteiger partial charge in [-0.2, -0.15) is 0 Å². The molecule has 0 aromatic heterocycles. The number of esters is 1. The first-order chi connectivity index (χ1) is 11.7. The Morgan fingerprint density at radius 3 is 2.68 bits per heavy atom. The number of aliphatic hydroxyl groups excluding tert-OH is 1. The summed E-state index contributed by atoms with van der Waals surface area (Å²) in [6.45, 7) is 8.13. The van der Waals surface area contributed by atoms with Crippen molar-refractivity contribution in [3.63, 3.8) is 0 Å². The van der Waals surface area contributed by atoms with E-state index in [2.05, 4.69) is 20.4 Å². The third kappa shape index (κ3) is 1.85. The maximum Gasteiger partial charge on any atom is 0.320 e. The quantitative estimate of drug-likeness (QED) is 0.340. The molecule has 0 aromatic carbocycles. The number of hydrogen-bond acceptors (Lipinski definition) is 5. The molecule has 2 spiro atoms. The summed E-state index contributed by atoms with van der Waals surface area (Å²) in [6, 6.07) is 0. The number of aldehydes is 1. The molecule has 25 heavy (non-hydrogen) atoms. The van der Waals surface area contributed by atoms with Crippen LogP contribution in [0.5, 0.6) is 0 Å². The molecule has 4 rings (SSSR count). The minimum absolute atomic E-state index is 0.118. The molecule has 1 N–H and O–H groups in total. The van der Waals surface area contributed by atoms with Crippen molar-refractivity contribution >= 4 is 18.0 Å². The number of carbonyl (C=O) groups excluding carboxylic acids is 3. The van der Waals surface area contributed by atoms with Gasteiger partial charge < -0.3 is 14.6 Å². The first-order valence-electron chi connectivity index (χ1n) is 9.25. The second-order valence-corrected chi connectivity index (χ2v) is 9.27. The Labute approximate surface area is 147 Å². The summed E-state index contributed by atoms with van der Waals surface area (Å²) in [5.74, 6) is -1.86. The van der Waals surface area contributed by atoms with Crippen LogP contribution in [0.4, 0.5) is 0 Å². The molecule has 3 saturated carbocycles. The van der Waals surface area contributed by atoms with Gasteiger partial charge in [0.25, 0.3) is 0 Å². The van der Waals surface area contributed by atoms with E-state index in [1.54, 1.807) is 0 Å². The molecule has 136 valence electrons. The molecule has 6 atom stereocenters. The minimum Gasteiger partial charge on any atom is -0.464 e. The number of hydrogen-bond donors (Lipinski definition) is 1. The molecule has 2 bridgehead atoms. The van der Waals surface area contributed by atoms with Crippen LogP contribution in [0.15, 0.2) is 12.2 Å². The van der Waals surface area contributed by atoms with E-state index in [-0.39, 0.29) is 29.6 Å². The van der Waals surface area contributed by atoms with Gasteiger partial charge >= 0.3 is 5.97 Å². The van der Waals surface area contributed by atoms with Crippen LogP contribution in [0.1, 0.15) is 46.0 Å². The average molecular weight is 346 g/mol. The fourth-order valence-electron chi connectivity index (χ4n) is 6.71. The first kappa shape index (κ1) is 17.0. The molecule has 1 heterocycles. The Bertz CT molecular complexity index is 680. The molecule has 0 radical (unpaired) electrons. The molecule has 1 aliphatic heterocycles. The Morgan fingerprint density at radius 1 is 1.28 bits per heavy atom. The molecule has 3 unspecified atom stereocenters. The Hall–Kier alpha value is -1.49. The van der Waals surface area contributed by atoms with E-state index in [0.717, 1.165) is 19.1 Å². The van der Waals surface area contributed by atoms with Crippen molar-refractivity contribution in [3.8, 4) is 0 Å². The van der Waals surface area contributed by atoms with Crippen LogP contribution in [0, 0.1) is 34.0 Å². The van der Waals surface area contributed by atoms with Crippen LogP contribution in [0.2, 0.25) is 0 Å². The van der Waals surface area contributed by atoms with E-state index in [0.29, 0.717) is 24.8 Å². The lowest BCUT2D eigenvalue weighted by Crippen LogP contribution is -2.66. The SMILES string of the molecule is C=C1C(=O)C23C[C@@H]1C[C@@H](O)C2[C@@]1(CCCC(C)(C)C1C=O)COC3=O. The highest BCUT2D eigenvalue weighted by Gasteiger charge is 2.74. The molecule has 4 fully saturated rings. The summed E-state index contributed by atoms with van der Waals surface area (Å²) in [5, 5.41) is 11.0. The first-order valence-corrected chi connectivity index (χ1v) is 9.25. The maximum absolute atomic E-state index is 13.1. The van der Waals surface area contributed by atoms with Gasteiger partial charge in [-0.3, -0.25) is 9.59 Å². The monoisotopic (exact) mass is 346 g/mol. The van der Waals surface area contributed by atoms with Crippen molar-refractivity contribution in [2.45, 2.75) is 52.1 Å². The summed E-state index contributed by atoms with van der Waals surface area (Å²) >= 11 is 0. The van der Waals surface area contributed by atoms with Crippen molar-refractivity contribution in [2.75, 3.05) is 6.61 Å². The van der Waals surface area contributed by atoms with Gasteiger partial charge in [-0.1, -0.05) is 26.8 Å². The molecular formula is C20H26O5. The minimum atomic E-state index is -1.34. The number of Topliss-reactive ketones (excluding diaryl/α,β-unsaturated/α-hetero) is 1. The number of carbonyl (C=O) groups is 3. The normalized spacial score (nSPS) is 48.2. The van der Waals surface area contributed by atoms with E-state index >= 15 is 0 Å². The van der Waals surface area contributed by atoms with Crippen LogP contribution >= 0.6 is 0 Å². The summed E-state index contributed by atoms with van der Waals surface area (Å²) < 4.78 is 5.58. The van der Waals surface area contributed by atoms with Crippen LogP contribution in [-0.4, -0.2) is 35.9 Å². The molecule has 1 saturated heterocycles. The van der Waals surface area contributed by atoms with Crippen molar-refractivity contribution in [1.82, 2.24) is 0 Å². The van der Waals surface area contributed by atoms with E-state index in [1.165, 1.54) is 0 Å². The van der Waals surface area contributed by atoms with Gasteiger partial charge in [-0.25, -0.2) is 0 Å². The Balaban J connectivity index is 1.92. The topological polar surface area (TPSA) is 80.7 Å². The molecule has 4 aliphatic rings. The lowest BCUT2D eigenvalue weighted by atomic mass is 9.44. The fourth-order valence-corrected chi connectivity index (χ4v) is 6.71. The van der Waals surface area contributed by atoms with Gasteiger partial charge in [0.15, 0.2) is 5.78 Å². The third-order valence-corrected chi connectivity index (χ3v) is 7.72. The van der Waals surface area contributed by atoms with Gasteiger partial charge in [0.05, 0.1) is 12.7 Å². The predicted octanol–water partition coefficient (Wildman–Crippen LogP) is 2.07. The van der Waals surface area contributed by atoms with Crippen molar-refractivity contribution in [3.05, 3.63) is 12.2 Å². The fraction of sp³-hybridized carbons (Fsp3) is 0.750. The lowest BCUT2D eigenvalue weighted by Gasteiger charge is -2.60. The zero-order valence-corrected chi connectivity index (χ0v) is 14.9. The number of aliphatic hydroxyl groups is 1. The number of rotatable bonds is 1. The summed E-state index contributed by atoms with van der Waals surface area (Å²) in [4.78, 5) is 38.0. The van der Waals surface area contributed by atoms with E-state index in [4.69, 9.17) is 4.74 Å². The van der Waals surface area contributed by atoms with Crippen LogP contribution < -0.4 is 0 Å². The number of ether oxygens (including phenoxy) is 1. The van der Waals surface area contributed by atoms with E-state index in [9.17, 15) is 19.5 Å². The standard InChI is InChI=1S/C20H26O5/c1-11-12-7-13(22)15-19(6-4-5-18(2,3)14(19)9-21)10-25-17(24)20(15,8-12)16(11)23/h9,12-15,22H,1,4-8,10H2,2-3H3/t12-,13+,14?,15?,19-,20?/m0/s1. The largest absolute Gasteiger partial charge is 0.464 e. The summed E-state index contributed by atoms with van der Waals surface area (Å²) in [6.07, 6.45) is 3.50. The molecule has 0 aromatic rings. The number of ketones is 1. The average Bonchev–Trinajstić information content (AvgIpc) is 2.73.